The molecule has 1 aliphatic heterocycles. The highest BCUT2D eigenvalue weighted by Gasteiger charge is 2.20. The first-order chi connectivity index (χ1) is 11.2. The van der Waals surface area contributed by atoms with Gasteiger partial charge in [-0.05, 0) is 17.7 Å². The first kappa shape index (κ1) is 15.3. The summed E-state index contributed by atoms with van der Waals surface area (Å²) < 4.78 is 16.1. The third-order valence-electron chi connectivity index (χ3n) is 4.05. The van der Waals surface area contributed by atoms with Gasteiger partial charge in [-0.1, -0.05) is 12.1 Å². The second kappa shape index (κ2) is 6.69. The van der Waals surface area contributed by atoms with Crippen molar-refractivity contribution in [3.05, 3.63) is 42.0 Å². The Kier molecular flexibility index (Phi) is 4.46. The molecular weight excluding hydrogens is 292 g/mol. The predicted octanol–water partition coefficient (Wildman–Crippen LogP) is 3.14. The molecule has 2 aromatic rings. The zero-order valence-electron chi connectivity index (χ0n) is 13.8. The van der Waals surface area contributed by atoms with E-state index in [0.717, 1.165) is 48.3 Å². The molecule has 0 unspecified atom stereocenters. The molecule has 0 radical (unpaired) electrons. The number of hydrogen-bond donors (Lipinski definition) is 1. The van der Waals surface area contributed by atoms with E-state index >= 15 is 0 Å². The third-order valence-corrected chi connectivity index (χ3v) is 4.05. The van der Waals surface area contributed by atoms with Crippen molar-refractivity contribution in [3.63, 3.8) is 0 Å². The van der Waals surface area contributed by atoms with Gasteiger partial charge in [0.2, 0.25) is 0 Å². The molecule has 5 nitrogen and oxygen atoms in total. The van der Waals surface area contributed by atoms with Crippen molar-refractivity contribution in [1.82, 2.24) is 0 Å². The molecular formula is C18H22N2O3. The molecule has 1 N–H and O–H groups in total. The number of nitrogens with one attached hydrogen (secondary N) is 1. The van der Waals surface area contributed by atoms with Crippen LogP contribution in [0.25, 0.3) is 0 Å². The Morgan fingerprint density at radius 1 is 1.00 bits per heavy atom. The summed E-state index contributed by atoms with van der Waals surface area (Å²) in [6.45, 7) is 2.65. The number of rotatable bonds is 5. The van der Waals surface area contributed by atoms with Crippen LogP contribution in [0.15, 0.2) is 36.4 Å². The van der Waals surface area contributed by atoms with Crippen LogP contribution >= 0.6 is 0 Å². The van der Waals surface area contributed by atoms with Crippen molar-refractivity contribution in [2.75, 3.05) is 44.6 Å². The quantitative estimate of drug-likeness (QED) is 0.918. The van der Waals surface area contributed by atoms with Crippen molar-refractivity contribution < 1.29 is 14.2 Å². The van der Waals surface area contributed by atoms with Crippen molar-refractivity contribution in [2.45, 2.75) is 6.54 Å². The molecule has 5 heteroatoms. The van der Waals surface area contributed by atoms with Gasteiger partial charge < -0.3 is 24.4 Å². The summed E-state index contributed by atoms with van der Waals surface area (Å²) >= 11 is 0. The average Bonchev–Trinajstić information content (AvgIpc) is 2.61. The number of fused-ring (bicyclic) bond motifs is 1. The van der Waals surface area contributed by atoms with Crippen LogP contribution in [0.2, 0.25) is 0 Å². The van der Waals surface area contributed by atoms with E-state index in [1.165, 1.54) is 5.56 Å². The molecule has 0 saturated carbocycles. The fourth-order valence-corrected chi connectivity index (χ4v) is 2.87. The Labute approximate surface area is 136 Å². The standard InChI is InChI=1S/C18H22N2O3/c1-21-14-6-4-5-13(9-14)12-20-8-7-19-15-10-17(22-2)18(23-3)11-16(15)20/h4-6,9-11,19H,7-8,12H2,1-3H3. The number of hydrogen-bond acceptors (Lipinski definition) is 5. The summed E-state index contributed by atoms with van der Waals surface area (Å²) in [4.78, 5) is 2.34. The van der Waals surface area contributed by atoms with Gasteiger partial charge in [0, 0.05) is 31.8 Å². The van der Waals surface area contributed by atoms with Crippen molar-refractivity contribution >= 4 is 11.4 Å². The molecule has 1 heterocycles. The molecule has 23 heavy (non-hydrogen) atoms. The first-order valence-corrected chi connectivity index (χ1v) is 7.63. The largest absolute Gasteiger partial charge is 0.497 e. The topological polar surface area (TPSA) is 43.0 Å². The highest BCUT2D eigenvalue weighted by Crippen LogP contribution is 2.40. The van der Waals surface area contributed by atoms with Crippen LogP contribution < -0.4 is 24.4 Å². The summed E-state index contributed by atoms with van der Waals surface area (Å²) in [6.07, 6.45) is 0. The summed E-state index contributed by atoms with van der Waals surface area (Å²) in [5.41, 5.74) is 3.40. The molecule has 0 saturated heterocycles. The number of nitrogens with zero attached hydrogens (tertiary/aromatic N) is 1. The number of ether oxygens (including phenoxy) is 3. The lowest BCUT2D eigenvalue weighted by Crippen LogP contribution is -2.33. The Morgan fingerprint density at radius 2 is 1.78 bits per heavy atom. The molecule has 0 amide bonds. The van der Waals surface area contributed by atoms with E-state index in [9.17, 15) is 0 Å². The maximum absolute atomic E-state index is 5.44. The molecule has 0 bridgehead atoms. The van der Waals surface area contributed by atoms with Crippen LogP contribution in [0, 0.1) is 0 Å². The van der Waals surface area contributed by atoms with E-state index in [0.29, 0.717) is 0 Å². The van der Waals surface area contributed by atoms with Crippen molar-refractivity contribution in [3.8, 4) is 17.2 Å². The van der Waals surface area contributed by atoms with Gasteiger partial charge in [0.25, 0.3) is 0 Å². The van der Waals surface area contributed by atoms with E-state index in [-0.39, 0.29) is 0 Å². The monoisotopic (exact) mass is 314 g/mol. The van der Waals surface area contributed by atoms with Crippen molar-refractivity contribution in [2.24, 2.45) is 0 Å². The molecule has 0 atom stereocenters. The lowest BCUT2D eigenvalue weighted by atomic mass is 10.1. The van der Waals surface area contributed by atoms with Gasteiger partial charge in [0.05, 0.1) is 32.7 Å². The van der Waals surface area contributed by atoms with Crippen LogP contribution in [0.3, 0.4) is 0 Å². The fourth-order valence-electron chi connectivity index (χ4n) is 2.87. The summed E-state index contributed by atoms with van der Waals surface area (Å²) in [5.74, 6) is 2.36. The Bertz CT molecular complexity index is 688. The highest BCUT2D eigenvalue weighted by atomic mass is 16.5. The molecule has 0 aliphatic carbocycles. The van der Waals surface area contributed by atoms with Gasteiger partial charge in [-0.25, -0.2) is 0 Å². The smallest absolute Gasteiger partial charge is 0.162 e. The van der Waals surface area contributed by atoms with E-state index in [2.05, 4.69) is 22.3 Å². The van der Waals surface area contributed by atoms with Gasteiger partial charge >= 0.3 is 0 Å². The molecule has 0 spiro atoms. The number of methoxy groups -OCH3 is 3. The molecule has 1 aliphatic rings. The molecule has 122 valence electrons. The molecule has 3 rings (SSSR count). The number of benzene rings is 2. The predicted molar refractivity (Wildman–Crippen MR) is 92.1 cm³/mol. The average molecular weight is 314 g/mol. The van der Waals surface area contributed by atoms with E-state index in [1.54, 1.807) is 21.3 Å². The van der Waals surface area contributed by atoms with E-state index in [1.807, 2.05) is 24.3 Å². The van der Waals surface area contributed by atoms with Crippen LogP contribution in [0.5, 0.6) is 17.2 Å². The molecule has 2 aromatic carbocycles. The highest BCUT2D eigenvalue weighted by molar-refractivity contribution is 5.77. The second-order valence-electron chi connectivity index (χ2n) is 5.42. The van der Waals surface area contributed by atoms with E-state index in [4.69, 9.17) is 14.2 Å². The van der Waals surface area contributed by atoms with Crippen LogP contribution in [0.4, 0.5) is 11.4 Å². The van der Waals surface area contributed by atoms with Gasteiger partial charge in [-0.3, -0.25) is 0 Å². The minimum atomic E-state index is 0.738. The van der Waals surface area contributed by atoms with Gasteiger partial charge in [-0.2, -0.15) is 0 Å². The maximum Gasteiger partial charge on any atom is 0.162 e. The van der Waals surface area contributed by atoms with Crippen LogP contribution in [-0.4, -0.2) is 34.4 Å². The summed E-state index contributed by atoms with van der Waals surface area (Å²) in [6, 6.07) is 12.2. The minimum absolute atomic E-state index is 0.738. The molecule has 0 fully saturated rings. The van der Waals surface area contributed by atoms with Gasteiger partial charge in [0.1, 0.15) is 5.75 Å². The first-order valence-electron chi connectivity index (χ1n) is 7.63. The summed E-state index contributed by atoms with van der Waals surface area (Å²) in [5, 5.41) is 3.43. The Hall–Kier alpha value is -2.56. The SMILES string of the molecule is COc1cccc(CN2CCNc3cc(OC)c(OC)cc32)c1. The zero-order valence-corrected chi connectivity index (χ0v) is 13.8. The second-order valence-corrected chi connectivity index (χ2v) is 5.42. The normalized spacial score (nSPS) is 13.1. The third kappa shape index (κ3) is 3.13. The summed E-state index contributed by atoms with van der Waals surface area (Å²) in [7, 11) is 5.00. The minimum Gasteiger partial charge on any atom is -0.497 e. The van der Waals surface area contributed by atoms with Crippen molar-refractivity contribution in [1.29, 1.82) is 0 Å². The van der Waals surface area contributed by atoms with E-state index < -0.39 is 0 Å². The maximum atomic E-state index is 5.44. The lowest BCUT2D eigenvalue weighted by Gasteiger charge is -2.33. The number of anilines is 2. The van der Waals surface area contributed by atoms with Gasteiger partial charge in [-0.15, -0.1) is 0 Å². The molecule has 0 aromatic heterocycles. The van der Waals surface area contributed by atoms with Gasteiger partial charge in [0.15, 0.2) is 11.5 Å². The van der Waals surface area contributed by atoms with Crippen LogP contribution in [0.1, 0.15) is 5.56 Å². The fraction of sp³-hybridized carbons (Fsp3) is 0.333. The Morgan fingerprint density at radius 3 is 2.52 bits per heavy atom. The van der Waals surface area contributed by atoms with Crippen LogP contribution in [-0.2, 0) is 6.54 Å². The zero-order chi connectivity index (χ0) is 16.2. The Balaban J connectivity index is 1.91. The lowest BCUT2D eigenvalue weighted by molar-refractivity contribution is 0.355.